The fourth-order valence-corrected chi connectivity index (χ4v) is 4.87. The molecule has 1 heterocycles. The van der Waals surface area contributed by atoms with Gasteiger partial charge in [0.05, 0.1) is 11.1 Å². The fraction of sp³-hybridized carbons (Fsp3) is 0.212. The van der Waals surface area contributed by atoms with E-state index in [-0.39, 0.29) is 0 Å². The Balaban J connectivity index is 1.48. The summed E-state index contributed by atoms with van der Waals surface area (Å²) in [7, 11) is 0. The number of hydrogen-bond donors (Lipinski definition) is 1. The smallest absolute Gasteiger partial charge is 0.336 e. The number of carboxylic acid groups (broad SMARTS) is 1. The number of fused-ring (bicyclic) bond motifs is 1. The number of hydrogen-bond acceptors (Lipinski definition) is 3. The molecule has 5 heteroatoms. The van der Waals surface area contributed by atoms with Crippen LogP contribution >= 0.6 is 0 Å². The summed E-state index contributed by atoms with van der Waals surface area (Å²) < 4.78 is 8.57. The van der Waals surface area contributed by atoms with Gasteiger partial charge in [-0.15, -0.1) is 0 Å². The van der Waals surface area contributed by atoms with E-state index >= 15 is 0 Å². The third-order valence-electron chi connectivity index (χ3n) is 6.89. The molecule has 4 aromatic carbocycles. The molecular formula is C33H32N2O3. The number of carbonyl (C=O) groups is 1. The molecule has 0 aliphatic carbocycles. The van der Waals surface area contributed by atoms with Crippen LogP contribution in [0.5, 0.6) is 5.75 Å². The van der Waals surface area contributed by atoms with Gasteiger partial charge < -0.3 is 14.4 Å². The second kappa shape index (κ2) is 11.3. The van der Waals surface area contributed by atoms with Gasteiger partial charge in [0.1, 0.15) is 23.7 Å². The van der Waals surface area contributed by atoms with Crippen LogP contribution in [0, 0.1) is 6.92 Å². The first-order valence-corrected chi connectivity index (χ1v) is 13.1. The number of aryl methyl sites for hydroxylation is 2. The molecule has 0 saturated heterocycles. The van der Waals surface area contributed by atoms with Gasteiger partial charge in [0.2, 0.25) is 0 Å². The number of carboxylic acids is 1. The molecule has 5 rings (SSSR count). The van der Waals surface area contributed by atoms with Crippen molar-refractivity contribution in [1.82, 2.24) is 9.55 Å². The van der Waals surface area contributed by atoms with Crippen molar-refractivity contribution >= 4 is 17.0 Å². The molecule has 0 unspecified atom stereocenters. The number of benzene rings is 4. The Bertz CT molecular complexity index is 1550. The molecular weight excluding hydrogens is 472 g/mol. The molecule has 0 saturated carbocycles. The highest BCUT2D eigenvalue weighted by Crippen LogP contribution is 2.31. The lowest BCUT2D eigenvalue weighted by Crippen LogP contribution is -2.06. The molecule has 0 spiro atoms. The zero-order valence-electron chi connectivity index (χ0n) is 21.9. The van der Waals surface area contributed by atoms with Crippen molar-refractivity contribution in [2.75, 3.05) is 0 Å². The topological polar surface area (TPSA) is 64.4 Å². The van der Waals surface area contributed by atoms with E-state index < -0.39 is 5.97 Å². The van der Waals surface area contributed by atoms with Crippen LogP contribution in [-0.4, -0.2) is 20.6 Å². The summed E-state index contributed by atoms with van der Waals surface area (Å²) >= 11 is 0. The number of unbranched alkanes of at least 4 members (excludes halogenated alkanes) is 1. The van der Waals surface area contributed by atoms with Crippen LogP contribution in [0.2, 0.25) is 0 Å². The number of nitrogens with zero attached hydrogens (tertiary/aromatic N) is 2. The molecule has 5 nitrogen and oxygen atoms in total. The minimum Gasteiger partial charge on any atom is -0.487 e. The van der Waals surface area contributed by atoms with E-state index in [1.54, 1.807) is 12.1 Å². The Morgan fingerprint density at radius 1 is 0.895 bits per heavy atom. The molecule has 0 bridgehead atoms. The van der Waals surface area contributed by atoms with E-state index in [2.05, 4.69) is 48.7 Å². The van der Waals surface area contributed by atoms with Crippen LogP contribution in [-0.2, 0) is 19.6 Å². The predicted molar refractivity (Wildman–Crippen MR) is 152 cm³/mol. The van der Waals surface area contributed by atoms with Crippen molar-refractivity contribution in [3.8, 4) is 16.9 Å². The van der Waals surface area contributed by atoms with E-state index in [1.165, 1.54) is 0 Å². The first-order chi connectivity index (χ1) is 18.5. The average Bonchev–Trinajstić information content (AvgIpc) is 3.31. The number of aromatic carboxylic acids is 1. The maximum atomic E-state index is 11.7. The lowest BCUT2D eigenvalue weighted by molar-refractivity contribution is 0.0697. The summed E-state index contributed by atoms with van der Waals surface area (Å²) in [5, 5.41) is 9.59. The van der Waals surface area contributed by atoms with E-state index in [4.69, 9.17) is 9.72 Å². The van der Waals surface area contributed by atoms with Gasteiger partial charge in [-0.05, 0) is 53.3 Å². The fourth-order valence-electron chi connectivity index (χ4n) is 4.87. The van der Waals surface area contributed by atoms with Crippen molar-refractivity contribution in [1.29, 1.82) is 0 Å². The minimum absolute atomic E-state index is 0.307. The van der Waals surface area contributed by atoms with Crippen molar-refractivity contribution in [2.45, 2.75) is 46.3 Å². The molecule has 0 amide bonds. The normalized spacial score (nSPS) is 11.1. The molecule has 0 radical (unpaired) electrons. The van der Waals surface area contributed by atoms with Gasteiger partial charge in [0, 0.05) is 13.0 Å². The second-order valence-corrected chi connectivity index (χ2v) is 9.62. The molecule has 38 heavy (non-hydrogen) atoms. The predicted octanol–water partition coefficient (Wildman–Crippen LogP) is 7.68. The quantitative estimate of drug-likeness (QED) is 0.212. The SMILES string of the molecule is CCCCc1nc2c(OCc3ccccc3)ccc(C)c2n1Cc1ccc(-c2ccccc2C(=O)O)cc1. The minimum atomic E-state index is -0.920. The first kappa shape index (κ1) is 25.3. The van der Waals surface area contributed by atoms with Crippen LogP contribution in [0.3, 0.4) is 0 Å². The van der Waals surface area contributed by atoms with Crippen LogP contribution in [0.4, 0.5) is 0 Å². The molecule has 5 aromatic rings. The Hall–Kier alpha value is -4.38. The Morgan fingerprint density at radius 2 is 1.63 bits per heavy atom. The average molecular weight is 505 g/mol. The molecule has 192 valence electrons. The van der Waals surface area contributed by atoms with E-state index in [9.17, 15) is 9.90 Å². The number of aromatic nitrogens is 2. The van der Waals surface area contributed by atoms with Gasteiger partial charge in [-0.25, -0.2) is 9.78 Å². The third-order valence-corrected chi connectivity index (χ3v) is 6.89. The monoisotopic (exact) mass is 504 g/mol. The maximum absolute atomic E-state index is 11.7. The summed E-state index contributed by atoms with van der Waals surface area (Å²) in [4.78, 5) is 16.8. The Kier molecular flexibility index (Phi) is 7.55. The van der Waals surface area contributed by atoms with Crippen molar-refractivity contribution in [2.24, 2.45) is 0 Å². The molecule has 1 N–H and O–H groups in total. The van der Waals surface area contributed by atoms with E-state index in [0.29, 0.717) is 18.7 Å². The highest BCUT2D eigenvalue weighted by Gasteiger charge is 2.17. The van der Waals surface area contributed by atoms with Gasteiger partial charge >= 0.3 is 5.97 Å². The summed E-state index contributed by atoms with van der Waals surface area (Å²) in [5.41, 5.74) is 7.34. The van der Waals surface area contributed by atoms with Crippen LogP contribution in [0.25, 0.3) is 22.2 Å². The zero-order valence-corrected chi connectivity index (χ0v) is 21.9. The largest absolute Gasteiger partial charge is 0.487 e. The Labute approximate surface area is 223 Å². The van der Waals surface area contributed by atoms with Crippen molar-refractivity contribution < 1.29 is 14.6 Å². The summed E-state index contributed by atoms with van der Waals surface area (Å²) in [6.45, 7) is 5.49. The van der Waals surface area contributed by atoms with Crippen molar-refractivity contribution in [3.05, 3.63) is 119 Å². The summed E-state index contributed by atoms with van der Waals surface area (Å²) in [5.74, 6) is 0.934. The van der Waals surface area contributed by atoms with Gasteiger partial charge in [-0.2, -0.15) is 0 Å². The molecule has 0 aliphatic heterocycles. The third kappa shape index (κ3) is 5.32. The summed E-state index contributed by atoms with van der Waals surface area (Å²) in [6, 6.07) is 29.6. The van der Waals surface area contributed by atoms with Crippen LogP contribution < -0.4 is 4.74 Å². The molecule has 0 atom stereocenters. The highest BCUT2D eigenvalue weighted by molar-refractivity contribution is 5.96. The zero-order chi connectivity index (χ0) is 26.5. The van der Waals surface area contributed by atoms with Crippen LogP contribution in [0.1, 0.15) is 52.6 Å². The Morgan fingerprint density at radius 3 is 2.37 bits per heavy atom. The number of ether oxygens (including phenoxy) is 1. The first-order valence-electron chi connectivity index (χ1n) is 13.1. The van der Waals surface area contributed by atoms with Gasteiger partial charge in [0.15, 0.2) is 0 Å². The molecule has 0 fully saturated rings. The van der Waals surface area contributed by atoms with Crippen molar-refractivity contribution in [3.63, 3.8) is 0 Å². The lowest BCUT2D eigenvalue weighted by atomic mass is 9.98. The van der Waals surface area contributed by atoms with Gasteiger partial charge in [-0.1, -0.05) is 92.2 Å². The molecule has 0 aliphatic rings. The van der Waals surface area contributed by atoms with Crippen LogP contribution in [0.15, 0.2) is 91.0 Å². The molecule has 1 aromatic heterocycles. The van der Waals surface area contributed by atoms with Gasteiger partial charge in [-0.3, -0.25) is 0 Å². The van der Waals surface area contributed by atoms with Gasteiger partial charge in [0.25, 0.3) is 0 Å². The standard InChI is InChI=1S/C33H32N2O3/c1-3-4-14-30-34-31-29(38-22-25-10-6-5-7-11-25)20-15-23(2)32(31)35(30)21-24-16-18-26(19-17-24)27-12-8-9-13-28(27)33(36)37/h5-13,15-20H,3-4,14,21-22H2,1-2H3,(H,36,37). The number of rotatable bonds is 10. The van der Waals surface area contributed by atoms with E-state index in [1.807, 2.05) is 48.5 Å². The maximum Gasteiger partial charge on any atom is 0.336 e. The summed E-state index contributed by atoms with van der Waals surface area (Å²) in [6.07, 6.45) is 3.05. The van der Waals surface area contributed by atoms with E-state index in [0.717, 1.165) is 69.7 Å². The second-order valence-electron chi connectivity index (χ2n) is 9.62. The number of imidazole rings is 1. The highest BCUT2D eigenvalue weighted by atomic mass is 16.5. The lowest BCUT2D eigenvalue weighted by Gasteiger charge is -2.13.